The zero-order chi connectivity index (χ0) is 37.0. The van der Waals surface area contributed by atoms with Crippen LogP contribution in [-0.2, 0) is 12.8 Å². The zero-order valence-electron chi connectivity index (χ0n) is 33.5. The van der Waals surface area contributed by atoms with Gasteiger partial charge < -0.3 is 11.5 Å². The van der Waals surface area contributed by atoms with Gasteiger partial charge in [-0.25, -0.2) is 0 Å². The molecular formula is C50H72N2. The van der Waals surface area contributed by atoms with Crippen molar-refractivity contribution >= 4 is 11.4 Å². The van der Waals surface area contributed by atoms with Crippen LogP contribution < -0.4 is 11.5 Å². The Kier molecular flexibility index (Phi) is 18.4. The van der Waals surface area contributed by atoms with Gasteiger partial charge >= 0.3 is 0 Å². The molecule has 4 N–H and O–H groups in total. The van der Waals surface area contributed by atoms with E-state index in [2.05, 4.69) is 100 Å². The van der Waals surface area contributed by atoms with E-state index < -0.39 is 0 Å². The minimum absolute atomic E-state index is 0.397. The highest BCUT2D eigenvalue weighted by atomic mass is 14.5. The van der Waals surface area contributed by atoms with Crippen molar-refractivity contribution in [1.82, 2.24) is 0 Å². The van der Waals surface area contributed by atoms with Crippen molar-refractivity contribution in [3.63, 3.8) is 0 Å². The molecule has 2 nitrogen and oxygen atoms in total. The van der Waals surface area contributed by atoms with E-state index in [0.717, 1.165) is 11.4 Å². The minimum Gasteiger partial charge on any atom is -0.399 e. The Bertz CT molecular complexity index is 1430. The smallest absolute Gasteiger partial charge is 0.0316 e. The van der Waals surface area contributed by atoms with Crippen LogP contribution in [0.3, 0.4) is 0 Å². The molecule has 4 rings (SSSR count). The normalized spacial score (nSPS) is 12.6. The molecule has 0 spiro atoms. The molecule has 4 aromatic carbocycles. The molecule has 0 radical (unpaired) electrons. The van der Waals surface area contributed by atoms with Crippen molar-refractivity contribution in [3.05, 3.63) is 129 Å². The summed E-state index contributed by atoms with van der Waals surface area (Å²) < 4.78 is 0. The van der Waals surface area contributed by atoms with E-state index in [4.69, 9.17) is 11.5 Å². The average molecular weight is 701 g/mol. The van der Waals surface area contributed by atoms with Gasteiger partial charge in [0.15, 0.2) is 0 Å². The number of aryl methyl sites for hydroxylation is 4. The molecule has 0 aromatic heterocycles. The largest absolute Gasteiger partial charge is 0.399 e. The third-order valence-corrected chi connectivity index (χ3v) is 11.7. The number of hydrogen-bond acceptors (Lipinski definition) is 2. The lowest BCUT2D eigenvalue weighted by Gasteiger charge is -2.16. The number of rotatable bonds is 25. The molecule has 0 amide bonds. The molecule has 4 aromatic rings. The highest BCUT2D eigenvalue weighted by Crippen LogP contribution is 2.30. The number of benzene rings is 4. The van der Waals surface area contributed by atoms with Gasteiger partial charge in [0.2, 0.25) is 0 Å². The predicted molar refractivity (Wildman–Crippen MR) is 230 cm³/mol. The molecule has 0 heterocycles. The van der Waals surface area contributed by atoms with Crippen molar-refractivity contribution in [1.29, 1.82) is 0 Å². The lowest BCUT2D eigenvalue weighted by atomic mass is 9.89. The third-order valence-electron chi connectivity index (χ3n) is 11.7. The quantitative estimate of drug-likeness (QED) is 0.0534. The van der Waals surface area contributed by atoms with Crippen molar-refractivity contribution < 1.29 is 0 Å². The van der Waals surface area contributed by atoms with Crippen LogP contribution in [0.15, 0.2) is 84.9 Å². The van der Waals surface area contributed by atoms with Gasteiger partial charge in [0, 0.05) is 23.2 Å². The SMILES string of the molecule is Cc1cc(N)ccc1C(C)c1ccc(CCCCCCCCCCCCCCCCCCCCc2ccc(C(C)c3ccc(N)cc3C)cc2)cc1. The molecule has 0 aliphatic rings. The molecule has 2 atom stereocenters. The second-order valence-electron chi connectivity index (χ2n) is 16.0. The van der Waals surface area contributed by atoms with Crippen LogP contribution >= 0.6 is 0 Å². The second kappa shape index (κ2) is 23.2. The second-order valence-corrected chi connectivity index (χ2v) is 16.0. The van der Waals surface area contributed by atoms with E-state index >= 15 is 0 Å². The van der Waals surface area contributed by atoms with E-state index in [1.54, 1.807) is 0 Å². The van der Waals surface area contributed by atoms with Crippen molar-refractivity contribution in [2.24, 2.45) is 0 Å². The fraction of sp³-hybridized carbons (Fsp3) is 0.520. The summed E-state index contributed by atoms with van der Waals surface area (Å²) >= 11 is 0. The number of nitrogen functional groups attached to an aromatic ring is 2. The highest BCUT2D eigenvalue weighted by Gasteiger charge is 2.12. The van der Waals surface area contributed by atoms with Crippen LogP contribution in [0.25, 0.3) is 0 Å². The number of anilines is 2. The topological polar surface area (TPSA) is 52.0 Å². The Morgan fingerprint density at radius 1 is 0.365 bits per heavy atom. The summed E-state index contributed by atoms with van der Waals surface area (Å²) in [6, 6.07) is 31.2. The minimum atomic E-state index is 0.397. The van der Waals surface area contributed by atoms with Crippen LogP contribution in [-0.4, -0.2) is 0 Å². The van der Waals surface area contributed by atoms with E-state index in [1.807, 2.05) is 12.1 Å². The first-order valence-corrected chi connectivity index (χ1v) is 21.2. The summed E-state index contributed by atoms with van der Waals surface area (Å²) in [5, 5.41) is 0. The van der Waals surface area contributed by atoms with Crippen LogP contribution in [0.5, 0.6) is 0 Å². The van der Waals surface area contributed by atoms with Crippen molar-refractivity contribution in [3.8, 4) is 0 Å². The molecule has 0 saturated carbocycles. The van der Waals surface area contributed by atoms with Crippen LogP contribution in [0, 0.1) is 13.8 Å². The first kappa shape index (κ1) is 41.2. The van der Waals surface area contributed by atoms with Crippen molar-refractivity contribution in [2.45, 2.75) is 168 Å². The molecule has 2 heteroatoms. The fourth-order valence-corrected chi connectivity index (χ4v) is 8.16. The maximum atomic E-state index is 5.95. The number of hydrogen-bond donors (Lipinski definition) is 2. The van der Waals surface area contributed by atoms with E-state index in [-0.39, 0.29) is 0 Å². The van der Waals surface area contributed by atoms with Gasteiger partial charge in [-0.3, -0.25) is 0 Å². The first-order valence-electron chi connectivity index (χ1n) is 21.2. The summed E-state index contributed by atoms with van der Waals surface area (Å²) in [4.78, 5) is 0. The van der Waals surface area contributed by atoms with Gasteiger partial charge in [-0.2, -0.15) is 0 Å². The monoisotopic (exact) mass is 701 g/mol. The Hall–Kier alpha value is -3.52. The summed E-state index contributed by atoms with van der Waals surface area (Å²) in [6.45, 7) is 8.92. The van der Waals surface area contributed by atoms with Gasteiger partial charge in [0.05, 0.1) is 0 Å². The summed E-state index contributed by atoms with van der Waals surface area (Å²) in [5.74, 6) is 0.794. The number of unbranched alkanes of at least 4 members (excludes halogenated alkanes) is 17. The third kappa shape index (κ3) is 14.5. The molecule has 0 aliphatic carbocycles. The van der Waals surface area contributed by atoms with Gasteiger partial charge in [-0.1, -0.05) is 177 Å². The lowest BCUT2D eigenvalue weighted by Crippen LogP contribution is -2.00. The lowest BCUT2D eigenvalue weighted by molar-refractivity contribution is 0.524. The summed E-state index contributed by atoms with van der Waals surface area (Å²) in [6.07, 6.45) is 27.7. The number of nitrogens with two attached hydrogens (primary N) is 2. The highest BCUT2D eigenvalue weighted by molar-refractivity contribution is 5.48. The molecule has 0 bridgehead atoms. The molecule has 282 valence electrons. The van der Waals surface area contributed by atoms with Crippen LogP contribution in [0.4, 0.5) is 11.4 Å². The molecule has 0 saturated heterocycles. The standard InChI is InChI=1S/C50H72N2/c1-39-37-47(51)33-35-49(39)41(3)45-29-25-43(26-30-45)23-21-19-17-15-13-11-9-7-5-6-8-10-12-14-16-18-20-22-24-44-27-31-46(32-28-44)42(4)50-36-34-48(52)38-40(50)2/h25-38,41-42H,5-24,51-52H2,1-4H3. The first-order chi connectivity index (χ1) is 25.3. The van der Waals surface area contributed by atoms with Crippen LogP contribution in [0.1, 0.15) is 186 Å². The Morgan fingerprint density at radius 3 is 0.904 bits per heavy atom. The van der Waals surface area contributed by atoms with Gasteiger partial charge in [-0.15, -0.1) is 0 Å². The fourth-order valence-electron chi connectivity index (χ4n) is 8.16. The van der Waals surface area contributed by atoms with Crippen LogP contribution in [0.2, 0.25) is 0 Å². The van der Waals surface area contributed by atoms with Crippen molar-refractivity contribution in [2.75, 3.05) is 11.5 Å². The molecule has 0 aliphatic heterocycles. The average Bonchev–Trinajstić information content (AvgIpc) is 3.14. The van der Waals surface area contributed by atoms with E-state index in [9.17, 15) is 0 Å². The van der Waals surface area contributed by atoms with E-state index in [0.29, 0.717) is 11.8 Å². The Labute approximate surface area is 319 Å². The maximum absolute atomic E-state index is 5.95. The zero-order valence-corrected chi connectivity index (χ0v) is 33.5. The van der Waals surface area contributed by atoms with Gasteiger partial charge in [-0.05, 0) is 108 Å². The van der Waals surface area contributed by atoms with Gasteiger partial charge in [0.25, 0.3) is 0 Å². The molecule has 52 heavy (non-hydrogen) atoms. The predicted octanol–water partition coefficient (Wildman–Crippen LogP) is 14.6. The summed E-state index contributed by atoms with van der Waals surface area (Å²) in [7, 11) is 0. The summed E-state index contributed by atoms with van der Waals surface area (Å²) in [5.41, 5.74) is 24.6. The molecular weight excluding hydrogens is 629 g/mol. The molecule has 0 fully saturated rings. The van der Waals surface area contributed by atoms with Gasteiger partial charge in [0.1, 0.15) is 0 Å². The Morgan fingerprint density at radius 2 is 0.635 bits per heavy atom. The van der Waals surface area contributed by atoms with E-state index in [1.165, 1.54) is 173 Å². The maximum Gasteiger partial charge on any atom is 0.0316 e. The Balaban J connectivity index is 0.890. The molecule has 2 unspecified atom stereocenters.